The summed E-state index contributed by atoms with van der Waals surface area (Å²) in [5.41, 5.74) is 0.691. The number of esters is 1. The molecule has 0 unspecified atom stereocenters. The molecule has 0 N–H and O–H groups in total. The molecule has 8 nitrogen and oxygen atoms in total. The number of methoxy groups -OCH3 is 1. The van der Waals surface area contributed by atoms with Crippen LogP contribution in [0, 0.1) is 4.91 Å². The van der Waals surface area contributed by atoms with Crippen LogP contribution in [0.4, 0.5) is 5.69 Å². The summed E-state index contributed by atoms with van der Waals surface area (Å²) in [4.78, 5) is 36.6. The molecule has 0 saturated carbocycles. The first-order valence-electron chi connectivity index (χ1n) is 8.68. The molecule has 0 atom stereocenters. The lowest BCUT2D eigenvalue weighted by molar-refractivity contribution is 0.0599. The lowest BCUT2D eigenvalue weighted by Gasteiger charge is -2.22. The summed E-state index contributed by atoms with van der Waals surface area (Å²) in [6, 6.07) is 6.09. The molecule has 156 valence electrons. The van der Waals surface area contributed by atoms with Gasteiger partial charge in [0.1, 0.15) is 11.3 Å². The maximum absolute atomic E-state index is 13.1. The maximum Gasteiger partial charge on any atom is 0.344 e. The second-order valence-electron chi connectivity index (χ2n) is 6.14. The number of benzene rings is 1. The number of halogens is 3. The Morgan fingerprint density at radius 1 is 1.30 bits per heavy atom. The molecule has 0 fully saturated rings. The third kappa shape index (κ3) is 4.05. The van der Waals surface area contributed by atoms with E-state index < -0.39 is 11.4 Å². The molecule has 0 spiro atoms. The van der Waals surface area contributed by atoms with Crippen LogP contribution in [0.3, 0.4) is 0 Å². The fraction of sp³-hybridized carbons (Fsp3) is 0.211. The highest BCUT2D eigenvalue weighted by atomic mass is 79.9. The molecule has 0 saturated heterocycles. The monoisotopic (exact) mass is 512 g/mol. The number of carbonyl (C=O) groups is 1. The van der Waals surface area contributed by atoms with Gasteiger partial charge in [-0.1, -0.05) is 29.3 Å². The molecular formula is C19H15BrCl2N4O4. The Hall–Kier alpha value is -2.49. The minimum atomic E-state index is -0.791. The zero-order valence-corrected chi connectivity index (χ0v) is 19.0. The average molecular weight is 514 g/mol. The van der Waals surface area contributed by atoms with E-state index in [1.807, 2.05) is 6.92 Å². The van der Waals surface area contributed by atoms with Crippen LogP contribution in [-0.2, 0) is 17.8 Å². The van der Waals surface area contributed by atoms with Crippen molar-refractivity contribution in [2.45, 2.75) is 20.0 Å². The van der Waals surface area contributed by atoms with Crippen LogP contribution in [0.1, 0.15) is 23.0 Å². The summed E-state index contributed by atoms with van der Waals surface area (Å²) in [6.45, 7) is 2.49. The third-order valence-electron chi connectivity index (χ3n) is 4.46. The van der Waals surface area contributed by atoms with E-state index in [4.69, 9.17) is 27.9 Å². The number of nitroso groups, excluding NO2 is 1. The quantitative estimate of drug-likeness (QED) is 0.340. The predicted octanol–water partition coefficient (Wildman–Crippen LogP) is 5.03. The molecule has 2 aromatic heterocycles. The highest BCUT2D eigenvalue weighted by molar-refractivity contribution is 9.10. The second kappa shape index (κ2) is 9.11. The van der Waals surface area contributed by atoms with Crippen LogP contribution in [0.5, 0.6) is 0 Å². The van der Waals surface area contributed by atoms with E-state index in [2.05, 4.69) is 26.2 Å². The Bertz CT molecular complexity index is 1210. The van der Waals surface area contributed by atoms with Gasteiger partial charge in [-0.2, -0.15) is 5.10 Å². The van der Waals surface area contributed by atoms with Gasteiger partial charge in [0.2, 0.25) is 5.43 Å². The number of ether oxygens (including phenoxy) is 1. The number of hydrogen-bond acceptors (Lipinski definition) is 6. The lowest BCUT2D eigenvalue weighted by atomic mass is 10.0. The van der Waals surface area contributed by atoms with Gasteiger partial charge in [-0.05, 0) is 46.2 Å². The van der Waals surface area contributed by atoms with Gasteiger partial charge in [-0.3, -0.25) is 9.48 Å². The van der Waals surface area contributed by atoms with Crippen molar-refractivity contribution in [1.82, 2.24) is 14.3 Å². The summed E-state index contributed by atoms with van der Waals surface area (Å²) in [6.07, 6.45) is 1.68. The standard InChI is InChI=1S/C19H15BrCl2N4O4/c1-3-26-13(9-25-7-6-14(22)23-25)16(20)18(27)15(19(28)30-2)17(26)10-4-5-12(24-29)11(21)8-10/h4-8H,3,9H2,1-2H3. The number of rotatable bonds is 6. The second-order valence-corrected chi connectivity index (χ2v) is 7.73. The number of carbonyl (C=O) groups excluding carboxylic acids is 1. The van der Waals surface area contributed by atoms with Gasteiger partial charge in [0.25, 0.3) is 0 Å². The van der Waals surface area contributed by atoms with Crippen molar-refractivity contribution < 1.29 is 9.53 Å². The van der Waals surface area contributed by atoms with Gasteiger partial charge in [0, 0.05) is 18.3 Å². The van der Waals surface area contributed by atoms with Crippen molar-refractivity contribution >= 4 is 50.8 Å². The van der Waals surface area contributed by atoms with Crippen molar-refractivity contribution in [3.63, 3.8) is 0 Å². The van der Waals surface area contributed by atoms with Crippen LogP contribution in [0.25, 0.3) is 11.3 Å². The largest absolute Gasteiger partial charge is 0.465 e. The molecule has 0 bridgehead atoms. The van der Waals surface area contributed by atoms with E-state index in [0.717, 1.165) is 0 Å². The first-order chi connectivity index (χ1) is 14.3. The molecule has 30 heavy (non-hydrogen) atoms. The van der Waals surface area contributed by atoms with Crippen molar-refractivity contribution in [2.24, 2.45) is 5.18 Å². The molecule has 3 aromatic rings. The van der Waals surface area contributed by atoms with E-state index in [0.29, 0.717) is 28.6 Å². The van der Waals surface area contributed by atoms with Gasteiger partial charge in [0.05, 0.1) is 34.5 Å². The fourth-order valence-electron chi connectivity index (χ4n) is 3.14. The van der Waals surface area contributed by atoms with Crippen LogP contribution < -0.4 is 5.43 Å². The van der Waals surface area contributed by atoms with Crippen molar-refractivity contribution in [1.29, 1.82) is 0 Å². The zero-order chi connectivity index (χ0) is 22.0. The third-order valence-corrected chi connectivity index (χ3v) is 5.78. The molecule has 0 aliphatic heterocycles. The molecule has 2 heterocycles. The first-order valence-corrected chi connectivity index (χ1v) is 10.2. The number of hydrogen-bond donors (Lipinski definition) is 0. The summed E-state index contributed by atoms with van der Waals surface area (Å²) < 4.78 is 8.42. The van der Waals surface area contributed by atoms with E-state index in [-0.39, 0.29) is 27.3 Å². The maximum atomic E-state index is 13.1. The Labute approximate surface area is 189 Å². The fourth-order valence-corrected chi connectivity index (χ4v) is 4.04. The summed E-state index contributed by atoms with van der Waals surface area (Å²) in [5.74, 6) is -0.791. The SMILES string of the molecule is CCn1c(Cn2ccc(Cl)n2)c(Br)c(=O)c(C(=O)OC)c1-c1ccc(N=O)c(Cl)c1. The molecule has 0 aliphatic rings. The highest BCUT2D eigenvalue weighted by Crippen LogP contribution is 2.33. The van der Waals surface area contributed by atoms with Gasteiger partial charge < -0.3 is 9.30 Å². The summed E-state index contributed by atoms with van der Waals surface area (Å²) >= 11 is 15.4. The van der Waals surface area contributed by atoms with E-state index in [1.165, 1.54) is 19.2 Å². The van der Waals surface area contributed by atoms with Crippen molar-refractivity contribution in [2.75, 3.05) is 7.11 Å². The van der Waals surface area contributed by atoms with E-state index >= 15 is 0 Å². The molecule has 1 aromatic carbocycles. The average Bonchev–Trinajstić information content (AvgIpc) is 3.15. The molecule has 0 aliphatic carbocycles. The number of pyridine rings is 1. The molecule has 0 radical (unpaired) electrons. The lowest BCUT2D eigenvalue weighted by Crippen LogP contribution is -2.27. The van der Waals surface area contributed by atoms with E-state index in [1.54, 1.807) is 27.6 Å². The van der Waals surface area contributed by atoms with Crippen molar-refractivity contribution in [3.8, 4) is 11.3 Å². The predicted molar refractivity (Wildman–Crippen MR) is 118 cm³/mol. The van der Waals surface area contributed by atoms with Crippen LogP contribution >= 0.6 is 39.1 Å². The Morgan fingerprint density at radius 3 is 2.57 bits per heavy atom. The Kier molecular flexibility index (Phi) is 6.74. The molecule has 11 heteroatoms. The van der Waals surface area contributed by atoms with Crippen LogP contribution in [0.15, 0.2) is 44.9 Å². The zero-order valence-electron chi connectivity index (χ0n) is 15.9. The normalized spacial score (nSPS) is 10.8. The van der Waals surface area contributed by atoms with Gasteiger partial charge >= 0.3 is 5.97 Å². The van der Waals surface area contributed by atoms with Crippen LogP contribution in [0.2, 0.25) is 10.2 Å². The van der Waals surface area contributed by atoms with Crippen LogP contribution in [-0.4, -0.2) is 27.4 Å². The smallest absolute Gasteiger partial charge is 0.344 e. The number of nitrogens with zero attached hydrogens (tertiary/aromatic N) is 4. The number of aromatic nitrogens is 3. The molecular weight excluding hydrogens is 499 g/mol. The molecule has 3 rings (SSSR count). The molecule has 0 amide bonds. The minimum Gasteiger partial charge on any atom is -0.465 e. The Morgan fingerprint density at radius 2 is 2.03 bits per heavy atom. The first kappa shape index (κ1) is 22.2. The minimum absolute atomic E-state index is 0.0500. The van der Waals surface area contributed by atoms with Gasteiger partial charge in [-0.15, -0.1) is 4.91 Å². The van der Waals surface area contributed by atoms with Gasteiger partial charge in [0.15, 0.2) is 5.15 Å². The van der Waals surface area contributed by atoms with Gasteiger partial charge in [-0.25, -0.2) is 4.79 Å². The highest BCUT2D eigenvalue weighted by Gasteiger charge is 2.27. The Balaban J connectivity index is 2.37. The summed E-state index contributed by atoms with van der Waals surface area (Å²) in [5, 5.41) is 7.41. The van der Waals surface area contributed by atoms with Crippen molar-refractivity contribution in [3.05, 3.63) is 71.5 Å². The summed E-state index contributed by atoms with van der Waals surface area (Å²) in [7, 11) is 1.20. The topological polar surface area (TPSA) is 95.6 Å². The van der Waals surface area contributed by atoms with E-state index in [9.17, 15) is 14.5 Å².